The van der Waals surface area contributed by atoms with Crippen molar-refractivity contribution in [3.8, 4) is 11.3 Å². The van der Waals surface area contributed by atoms with Gasteiger partial charge in [-0.05, 0) is 31.2 Å². The maximum Gasteiger partial charge on any atom is 0.356 e. The molecule has 0 unspecified atom stereocenters. The van der Waals surface area contributed by atoms with Gasteiger partial charge in [0.15, 0.2) is 0 Å². The van der Waals surface area contributed by atoms with Crippen molar-refractivity contribution >= 4 is 21.9 Å². The summed E-state index contributed by atoms with van der Waals surface area (Å²) in [5.41, 5.74) is 0.874. The molecule has 6 heteroatoms. The first-order valence-corrected chi connectivity index (χ1v) is 6.09. The Morgan fingerprint density at radius 3 is 3.00 bits per heavy atom. The molecule has 0 atom stereocenters. The average molecular weight is 313 g/mol. The minimum Gasteiger partial charge on any atom is -0.461 e. The van der Waals surface area contributed by atoms with Gasteiger partial charge in [0.05, 0.1) is 12.3 Å². The fraction of sp³-hybridized carbons (Fsp3) is 0.167. The van der Waals surface area contributed by atoms with E-state index in [0.717, 1.165) is 4.47 Å². The molecular formula is C12H10BrFN2O2. The highest BCUT2D eigenvalue weighted by Crippen LogP contribution is 2.25. The van der Waals surface area contributed by atoms with Crippen LogP contribution < -0.4 is 0 Å². The molecule has 0 bridgehead atoms. The van der Waals surface area contributed by atoms with E-state index in [-0.39, 0.29) is 12.3 Å². The van der Waals surface area contributed by atoms with E-state index in [1.165, 1.54) is 12.1 Å². The molecule has 0 aliphatic heterocycles. The number of esters is 1. The maximum atomic E-state index is 13.6. The lowest BCUT2D eigenvalue weighted by molar-refractivity contribution is 0.0519. The molecule has 0 spiro atoms. The van der Waals surface area contributed by atoms with Crippen molar-refractivity contribution in [3.63, 3.8) is 0 Å². The summed E-state index contributed by atoms with van der Waals surface area (Å²) in [6.07, 6.45) is 0. The standard InChI is InChI=1S/C12H10BrFN2O2/c1-2-18-12(17)11-6-10(15-16-11)8-5-7(13)3-4-9(8)14/h3-6H,2H2,1H3,(H,15,16). The second-order valence-electron chi connectivity index (χ2n) is 3.51. The van der Waals surface area contributed by atoms with Crippen LogP contribution in [0.1, 0.15) is 17.4 Å². The van der Waals surface area contributed by atoms with Gasteiger partial charge in [-0.3, -0.25) is 5.10 Å². The van der Waals surface area contributed by atoms with Gasteiger partial charge in [-0.25, -0.2) is 9.18 Å². The van der Waals surface area contributed by atoms with Crippen LogP contribution >= 0.6 is 15.9 Å². The Labute approximate surface area is 111 Å². The van der Waals surface area contributed by atoms with Gasteiger partial charge >= 0.3 is 5.97 Å². The van der Waals surface area contributed by atoms with Gasteiger partial charge in [-0.15, -0.1) is 0 Å². The van der Waals surface area contributed by atoms with Crippen molar-refractivity contribution in [2.24, 2.45) is 0 Å². The zero-order valence-corrected chi connectivity index (χ0v) is 11.1. The highest BCUT2D eigenvalue weighted by Gasteiger charge is 2.14. The molecule has 2 rings (SSSR count). The van der Waals surface area contributed by atoms with E-state index in [2.05, 4.69) is 26.1 Å². The molecular weight excluding hydrogens is 303 g/mol. The lowest BCUT2D eigenvalue weighted by Crippen LogP contribution is -2.04. The number of nitrogens with zero attached hydrogens (tertiary/aromatic N) is 1. The Kier molecular flexibility index (Phi) is 3.76. The molecule has 4 nitrogen and oxygen atoms in total. The number of halogens is 2. The fourth-order valence-corrected chi connectivity index (χ4v) is 1.83. The van der Waals surface area contributed by atoms with Crippen molar-refractivity contribution in [1.29, 1.82) is 0 Å². The van der Waals surface area contributed by atoms with E-state index in [0.29, 0.717) is 11.3 Å². The SMILES string of the molecule is CCOC(=O)c1cc(-c2cc(Br)ccc2F)n[nH]1. The highest BCUT2D eigenvalue weighted by atomic mass is 79.9. The fourth-order valence-electron chi connectivity index (χ4n) is 1.47. The molecule has 0 aliphatic rings. The van der Waals surface area contributed by atoms with E-state index in [1.807, 2.05) is 0 Å². The average Bonchev–Trinajstić information content (AvgIpc) is 2.82. The van der Waals surface area contributed by atoms with Crippen LogP contribution in [0.2, 0.25) is 0 Å². The highest BCUT2D eigenvalue weighted by molar-refractivity contribution is 9.10. The molecule has 1 heterocycles. The predicted octanol–water partition coefficient (Wildman–Crippen LogP) is 3.16. The quantitative estimate of drug-likeness (QED) is 0.886. The van der Waals surface area contributed by atoms with Gasteiger partial charge in [0, 0.05) is 10.0 Å². The van der Waals surface area contributed by atoms with Gasteiger partial charge < -0.3 is 4.74 Å². The van der Waals surface area contributed by atoms with Crippen LogP contribution in [0.4, 0.5) is 4.39 Å². The molecule has 0 saturated heterocycles. The van der Waals surface area contributed by atoms with Crippen LogP contribution in [0.5, 0.6) is 0 Å². The van der Waals surface area contributed by atoms with Gasteiger partial charge in [-0.2, -0.15) is 5.10 Å². The van der Waals surface area contributed by atoms with E-state index in [4.69, 9.17) is 4.74 Å². The molecule has 94 valence electrons. The summed E-state index contributed by atoms with van der Waals surface area (Å²) in [5, 5.41) is 6.43. The summed E-state index contributed by atoms with van der Waals surface area (Å²) >= 11 is 3.26. The number of hydrogen-bond donors (Lipinski definition) is 1. The zero-order valence-electron chi connectivity index (χ0n) is 9.54. The Morgan fingerprint density at radius 1 is 1.50 bits per heavy atom. The molecule has 1 aromatic carbocycles. The summed E-state index contributed by atoms with van der Waals surface area (Å²) in [4.78, 5) is 11.4. The van der Waals surface area contributed by atoms with Crippen molar-refractivity contribution in [2.45, 2.75) is 6.92 Å². The number of carbonyl (C=O) groups is 1. The van der Waals surface area contributed by atoms with Gasteiger partial charge in [0.1, 0.15) is 11.5 Å². The molecule has 0 amide bonds. The van der Waals surface area contributed by atoms with Crippen LogP contribution in [-0.2, 0) is 4.74 Å². The van der Waals surface area contributed by atoms with E-state index < -0.39 is 11.8 Å². The zero-order chi connectivity index (χ0) is 13.1. The summed E-state index contributed by atoms with van der Waals surface area (Å²) < 4.78 is 19.2. The molecule has 1 aromatic heterocycles. The molecule has 0 radical (unpaired) electrons. The van der Waals surface area contributed by atoms with E-state index in [9.17, 15) is 9.18 Å². The lowest BCUT2D eigenvalue weighted by Gasteiger charge is -1.99. The number of ether oxygens (including phenoxy) is 1. The Morgan fingerprint density at radius 2 is 2.28 bits per heavy atom. The minimum absolute atomic E-state index is 0.200. The first-order chi connectivity index (χ1) is 8.61. The van der Waals surface area contributed by atoms with Crippen LogP contribution in [0.15, 0.2) is 28.7 Å². The molecule has 0 fully saturated rings. The van der Waals surface area contributed by atoms with Crippen molar-refractivity contribution in [2.75, 3.05) is 6.61 Å². The van der Waals surface area contributed by atoms with Crippen LogP contribution in [0, 0.1) is 5.82 Å². The summed E-state index contributed by atoms with van der Waals surface area (Å²) in [6.45, 7) is 1.99. The van der Waals surface area contributed by atoms with Crippen LogP contribution in [0.25, 0.3) is 11.3 Å². The topological polar surface area (TPSA) is 55.0 Å². The Balaban J connectivity index is 2.35. The van der Waals surface area contributed by atoms with E-state index >= 15 is 0 Å². The molecule has 1 N–H and O–H groups in total. The number of aromatic nitrogens is 2. The predicted molar refractivity (Wildman–Crippen MR) is 67.6 cm³/mol. The third kappa shape index (κ3) is 2.59. The normalized spacial score (nSPS) is 10.4. The van der Waals surface area contributed by atoms with Crippen molar-refractivity contribution < 1.29 is 13.9 Å². The number of benzene rings is 1. The minimum atomic E-state index is -0.508. The number of nitrogens with one attached hydrogen (secondary N) is 1. The lowest BCUT2D eigenvalue weighted by atomic mass is 10.1. The summed E-state index contributed by atoms with van der Waals surface area (Å²) in [6, 6.07) is 5.99. The smallest absolute Gasteiger partial charge is 0.356 e. The third-order valence-electron chi connectivity index (χ3n) is 2.28. The number of rotatable bonds is 3. The monoisotopic (exact) mass is 312 g/mol. The van der Waals surface area contributed by atoms with Crippen LogP contribution in [0.3, 0.4) is 0 Å². The first-order valence-electron chi connectivity index (χ1n) is 5.29. The largest absolute Gasteiger partial charge is 0.461 e. The maximum absolute atomic E-state index is 13.6. The summed E-state index contributed by atoms with van der Waals surface area (Å²) in [5.74, 6) is -0.910. The second kappa shape index (κ2) is 5.30. The molecule has 0 saturated carbocycles. The summed E-state index contributed by atoms with van der Waals surface area (Å²) in [7, 11) is 0. The number of hydrogen-bond acceptors (Lipinski definition) is 3. The van der Waals surface area contributed by atoms with Gasteiger partial charge in [0.2, 0.25) is 0 Å². The van der Waals surface area contributed by atoms with Crippen LogP contribution in [-0.4, -0.2) is 22.8 Å². The van der Waals surface area contributed by atoms with Gasteiger partial charge in [0.25, 0.3) is 0 Å². The first kappa shape index (κ1) is 12.8. The van der Waals surface area contributed by atoms with E-state index in [1.54, 1.807) is 19.1 Å². The molecule has 18 heavy (non-hydrogen) atoms. The van der Waals surface area contributed by atoms with Gasteiger partial charge in [-0.1, -0.05) is 15.9 Å². The molecule has 2 aromatic rings. The Hall–Kier alpha value is -1.69. The second-order valence-corrected chi connectivity index (χ2v) is 4.43. The number of aromatic amines is 1. The molecule has 0 aliphatic carbocycles. The number of H-pyrrole nitrogens is 1. The third-order valence-corrected chi connectivity index (χ3v) is 2.77. The number of carbonyl (C=O) groups excluding carboxylic acids is 1. The van der Waals surface area contributed by atoms with Crippen molar-refractivity contribution in [3.05, 3.63) is 40.2 Å². The van der Waals surface area contributed by atoms with Crippen molar-refractivity contribution in [1.82, 2.24) is 10.2 Å². The Bertz CT molecular complexity index is 583.